The zero-order valence-corrected chi connectivity index (χ0v) is 8.98. The minimum Gasteiger partial charge on any atom is -0.379 e. The monoisotopic (exact) mass is 221 g/mol. The third-order valence-electron chi connectivity index (χ3n) is 2.83. The lowest BCUT2D eigenvalue weighted by Crippen LogP contribution is -2.58. The highest BCUT2D eigenvalue weighted by Gasteiger charge is 2.44. The van der Waals surface area contributed by atoms with E-state index >= 15 is 0 Å². The van der Waals surface area contributed by atoms with Crippen LogP contribution in [0.4, 0.5) is 0 Å². The molecule has 0 radical (unpaired) electrons. The number of rotatable bonds is 4. The fourth-order valence-corrected chi connectivity index (χ4v) is 1.56. The van der Waals surface area contributed by atoms with Gasteiger partial charge >= 0.3 is 0 Å². The van der Waals surface area contributed by atoms with Gasteiger partial charge in [-0.1, -0.05) is 0 Å². The van der Waals surface area contributed by atoms with Gasteiger partial charge in [-0.3, -0.25) is 9.78 Å². The molecular formula is C11H15N3O2. The maximum atomic E-state index is 11.9. The van der Waals surface area contributed by atoms with Crippen LogP contribution in [0.1, 0.15) is 5.56 Å². The highest BCUT2D eigenvalue weighted by Crippen LogP contribution is 2.26. The van der Waals surface area contributed by atoms with Gasteiger partial charge in [0.05, 0.1) is 13.2 Å². The normalized spacial score (nSPS) is 17.6. The number of hydrogen-bond acceptors (Lipinski definition) is 4. The number of carbonyl (C=O) groups excluding carboxylic acids is 1. The van der Waals surface area contributed by atoms with E-state index in [-0.39, 0.29) is 5.91 Å². The van der Waals surface area contributed by atoms with Crippen molar-refractivity contribution in [3.63, 3.8) is 0 Å². The zero-order valence-electron chi connectivity index (χ0n) is 8.98. The van der Waals surface area contributed by atoms with Crippen molar-refractivity contribution in [2.24, 2.45) is 11.1 Å². The largest absolute Gasteiger partial charge is 0.379 e. The maximum Gasteiger partial charge on any atom is 0.232 e. The fraction of sp³-hybridized carbons (Fsp3) is 0.455. The third-order valence-corrected chi connectivity index (χ3v) is 2.83. The van der Waals surface area contributed by atoms with Gasteiger partial charge in [0.1, 0.15) is 5.41 Å². The van der Waals surface area contributed by atoms with Crippen molar-refractivity contribution in [3.05, 3.63) is 30.1 Å². The summed E-state index contributed by atoms with van der Waals surface area (Å²) in [6.07, 6.45) is 3.40. The van der Waals surface area contributed by atoms with E-state index in [0.29, 0.717) is 26.3 Å². The molecule has 0 unspecified atom stereocenters. The summed E-state index contributed by atoms with van der Waals surface area (Å²) in [7, 11) is 0. The van der Waals surface area contributed by atoms with Crippen molar-refractivity contribution in [1.82, 2.24) is 10.3 Å². The molecule has 1 aliphatic heterocycles. The molecule has 1 aromatic heterocycles. The molecular weight excluding hydrogens is 206 g/mol. The Hall–Kier alpha value is -1.46. The molecule has 1 aromatic rings. The number of nitrogens with one attached hydrogen (secondary N) is 1. The second kappa shape index (κ2) is 4.59. The van der Waals surface area contributed by atoms with Gasteiger partial charge in [-0.05, 0) is 17.7 Å². The molecule has 16 heavy (non-hydrogen) atoms. The molecule has 0 aliphatic carbocycles. The summed E-state index contributed by atoms with van der Waals surface area (Å²) in [6, 6.07) is 3.74. The first-order valence-electron chi connectivity index (χ1n) is 5.22. The van der Waals surface area contributed by atoms with Crippen molar-refractivity contribution < 1.29 is 9.53 Å². The SMILES string of the molecule is NCC1(C(=O)NCc2ccncc2)COC1. The molecule has 0 bridgehead atoms. The average Bonchev–Trinajstić information content (AvgIpc) is 2.27. The predicted molar refractivity (Wildman–Crippen MR) is 58.4 cm³/mol. The van der Waals surface area contributed by atoms with Crippen LogP contribution in [0.5, 0.6) is 0 Å². The molecule has 5 heteroatoms. The number of nitrogens with two attached hydrogens (primary N) is 1. The van der Waals surface area contributed by atoms with Crippen LogP contribution in [0.2, 0.25) is 0 Å². The lowest BCUT2D eigenvalue weighted by molar-refractivity contribution is -0.159. The molecule has 2 heterocycles. The molecule has 0 spiro atoms. The van der Waals surface area contributed by atoms with Crippen LogP contribution in [0.3, 0.4) is 0 Å². The van der Waals surface area contributed by atoms with Gasteiger partial charge in [0.15, 0.2) is 0 Å². The number of pyridine rings is 1. The second-order valence-corrected chi connectivity index (χ2v) is 4.02. The summed E-state index contributed by atoms with van der Waals surface area (Å²) >= 11 is 0. The molecule has 3 N–H and O–H groups in total. The average molecular weight is 221 g/mol. The Kier molecular flexibility index (Phi) is 3.17. The van der Waals surface area contributed by atoms with E-state index in [1.54, 1.807) is 12.4 Å². The molecule has 1 amide bonds. The maximum absolute atomic E-state index is 11.9. The van der Waals surface area contributed by atoms with Gasteiger partial charge in [0.25, 0.3) is 0 Å². The van der Waals surface area contributed by atoms with E-state index in [9.17, 15) is 4.79 Å². The topological polar surface area (TPSA) is 77.2 Å². The van der Waals surface area contributed by atoms with Gasteiger partial charge in [0.2, 0.25) is 5.91 Å². The first kappa shape index (κ1) is 11.0. The van der Waals surface area contributed by atoms with Crippen molar-refractivity contribution in [2.45, 2.75) is 6.54 Å². The molecule has 5 nitrogen and oxygen atoms in total. The predicted octanol–water partition coefficient (Wildman–Crippen LogP) is -0.327. The first-order chi connectivity index (χ1) is 7.77. The van der Waals surface area contributed by atoms with Crippen molar-refractivity contribution >= 4 is 5.91 Å². The Morgan fingerprint density at radius 3 is 2.69 bits per heavy atom. The van der Waals surface area contributed by atoms with E-state index in [1.165, 1.54) is 0 Å². The van der Waals surface area contributed by atoms with Gasteiger partial charge in [-0.15, -0.1) is 0 Å². The number of aromatic nitrogens is 1. The van der Waals surface area contributed by atoms with E-state index in [1.807, 2.05) is 12.1 Å². The van der Waals surface area contributed by atoms with Crippen LogP contribution >= 0.6 is 0 Å². The van der Waals surface area contributed by atoms with Crippen molar-refractivity contribution in [2.75, 3.05) is 19.8 Å². The quantitative estimate of drug-likeness (QED) is 0.730. The summed E-state index contributed by atoms with van der Waals surface area (Å²) < 4.78 is 5.05. The lowest BCUT2D eigenvalue weighted by Gasteiger charge is -2.38. The van der Waals surface area contributed by atoms with Crippen LogP contribution in [-0.2, 0) is 16.1 Å². The zero-order chi connectivity index (χ0) is 11.4. The van der Waals surface area contributed by atoms with Gasteiger partial charge in [-0.25, -0.2) is 0 Å². The minimum atomic E-state index is -0.507. The summed E-state index contributed by atoms with van der Waals surface area (Å²) in [6.45, 7) is 1.68. The summed E-state index contributed by atoms with van der Waals surface area (Å²) in [4.78, 5) is 15.8. The standard InChI is InChI=1S/C11H15N3O2/c12-6-11(7-16-8-11)10(15)14-5-9-1-3-13-4-2-9/h1-4H,5-8,12H2,(H,14,15). The van der Waals surface area contributed by atoms with Crippen LogP contribution < -0.4 is 11.1 Å². The highest BCUT2D eigenvalue weighted by molar-refractivity contribution is 5.84. The third kappa shape index (κ3) is 2.05. The van der Waals surface area contributed by atoms with Crippen LogP contribution in [0.15, 0.2) is 24.5 Å². The molecule has 1 fully saturated rings. The van der Waals surface area contributed by atoms with Crippen LogP contribution in [0.25, 0.3) is 0 Å². The Morgan fingerprint density at radius 2 is 2.19 bits per heavy atom. The number of amides is 1. The van der Waals surface area contributed by atoms with E-state index in [0.717, 1.165) is 5.56 Å². The van der Waals surface area contributed by atoms with E-state index in [4.69, 9.17) is 10.5 Å². The molecule has 0 atom stereocenters. The van der Waals surface area contributed by atoms with E-state index in [2.05, 4.69) is 10.3 Å². The van der Waals surface area contributed by atoms with Gasteiger partial charge in [0, 0.05) is 25.5 Å². The number of carbonyl (C=O) groups is 1. The smallest absolute Gasteiger partial charge is 0.232 e. The molecule has 0 aromatic carbocycles. The lowest BCUT2D eigenvalue weighted by atomic mass is 9.85. The van der Waals surface area contributed by atoms with Crippen molar-refractivity contribution in [1.29, 1.82) is 0 Å². The Balaban J connectivity index is 1.89. The number of ether oxygens (including phenoxy) is 1. The molecule has 86 valence electrons. The molecule has 1 saturated heterocycles. The van der Waals surface area contributed by atoms with Gasteiger partial charge < -0.3 is 15.8 Å². The van der Waals surface area contributed by atoms with Crippen LogP contribution in [0, 0.1) is 5.41 Å². The Bertz CT molecular complexity index is 357. The number of hydrogen-bond donors (Lipinski definition) is 2. The second-order valence-electron chi connectivity index (χ2n) is 4.02. The Labute approximate surface area is 94.0 Å². The van der Waals surface area contributed by atoms with Crippen LogP contribution in [-0.4, -0.2) is 30.6 Å². The fourth-order valence-electron chi connectivity index (χ4n) is 1.56. The number of nitrogens with zero attached hydrogens (tertiary/aromatic N) is 1. The first-order valence-corrected chi connectivity index (χ1v) is 5.22. The summed E-state index contributed by atoms with van der Waals surface area (Å²) in [5.74, 6) is -0.0296. The molecule has 2 rings (SSSR count). The van der Waals surface area contributed by atoms with E-state index < -0.39 is 5.41 Å². The molecule has 1 aliphatic rings. The highest BCUT2D eigenvalue weighted by atomic mass is 16.5. The molecule has 0 saturated carbocycles. The Morgan fingerprint density at radius 1 is 1.50 bits per heavy atom. The minimum absolute atomic E-state index is 0.0296. The summed E-state index contributed by atoms with van der Waals surface area (Å²) in [5, 5.41) is 2.87. The summed E-state index contributed by atoms with van der Waals surface area (Å²) in [5.41, 5.74) is 6.10. The van der Waals surface area contributed by atoms with Crippen molar-refractivity contribution in [3.8, 4) is 0 Å². The van der Waals surface area contributed by atoms with Gasteiger partial charge in [-0.2, -0.15) is 0 Å².